The van der Waals surface area contributed by atoms with Gasteiger partial charge in [0.1, 0.15) is 0 Å². The number of benzene rings is 2. The summed E-state index contributed by atoms with van der Waals surface area (Å²) in [6.45, 7) is 2.28. The molecule has 0 aliphatic carbocycles. The maximum atomic E-state index is 12.6. The molecule has 7 heteroatoms. The maximum Gasteiger partial charge on any atom is 0.307 e. The molecule has 29 heavy (non-hydrogen) atoms. The second-order valence-electron chi connectivity index (χ2n) is 6.81. The summed E-state index contributed by atoms with van der Waals surface area (Å²) in [6.07, 6.45) is 1.46. The zero-order valence-electron chi connectivity index (χ0n) is 16.4. The second kappa shape index (κ2) is 9.14. The van der Waals surface area contributed by atoms with E-state index in [-0.39, 0.29) is 24.2 Å². The molecule has 7 nitrogen and oxygen atoms in total. The van der Waals surface area contributed by atoms with Crippen molar-refractivity contribution in [3.05, 3.63) is 76.1 Å². The van der Waals surface area contributed by atoms with Gasteiger partial charge in [-0.05, 0) is 24.6 Å². The third kappa shape index (κ3) is 5.07. The maximum absolute atomic E-state index is 12.6. The van der Waals surface area contributed by atoms with Crippen LogP contribution in [-0.2, 0) is 20.9 Å². The van der Waals surface area contributed by atoms with E-state index in [1.165, 1.54) is 13.3 Å². The molecule has 0 unspecified atom stereocenters. The fraction of sp³-hybridized carbons (Fsp3) is 0.273. The molecule has 0 saturated heterocycles. The molecule has 0 saturated carbocycles. The van der Waals surface area contributed by atoms with Crippen molar-refractivity contribution in [2.75, 3.05) is 7.11 Å². The number of nitrogens with one attached hydrogen (secondary N) is 1. The van der Waals surface area contributed by atoms with Crippen LogP contribution in [0.1, 0.15) is 30.0 Å². The van der Waals surface area contributed by atoms with Crippen LogP contribution < -0.4 is 10.7 Å². The number of ether oxygens (including phenoxy) is 1. The van der Waals surface area contributed by atoms with E-state index in [0.717, 1.165) is 11.1 Å². The lowest BCUT2D eigenvalue weighted by Crippen LogP contribution is -2.31. The lowest BCUT2D eigenvalue weighted by atomic mass is 10.0. The predicted molar refractivity (Wildman–Crippen MR) is 109 cm³/mol. The first kappa shape index (κ1) is 20.3. The molecule has 1 heterocycles. The van der Waals surface area contributed by atoms with Crippen molar-refractivity contribution < 1.29 is 14.3 Å². The Balaban J connectivity index is 1.72. The highest BCUT2D eigenvalue weighted by Gasteiger charge is 2.19. The lowest BCUT2D eigenvalue weighted by molar-refractivity contribution is -0.141. The average Bonchev–Trinajstić information content (AvgIpc) is 2.73. The topological polar surface area (TPSA) is 90.3 Å². The Morgan fingerprint density at radius 3 is 2.59 bits per heavy atom. The molecule has 1 aromatic heterocycles. The molecular weight excluding hydrogens is 370 g/mol. The molecule has 0 bridgehead atoms. The average molecular weight is 393 g/mol. The highest BCUT2D eigenvalue weighted by molar-refractivity contribution is 5.79. The summed E-state index contributed by atoms with van der Waals surface area (Å²) in [5.74, 6) is -0.618. The number of fused-ring (bicyclic) bond motifs is 1. The molecule has 0 fully saturated rings. The van der Waals surface area contributed by atoms with Gasteiger partial charge in [0.25, 0.3) is 0 Å². The second-order valence-corrected chi connectivity index (χ2v) is 6.81. The van der Waals surface area contributed by atoms with E-state index in [1.54, 1.807) is 22.9 Å². The number of esters is 1. The van der Waals surface area contributed by atoms with Crippen molar-refractivity contribution in [2.45, 2.75) is 32.4 Å². The Bertz CT molecular complexity index is 1070. The summed E-state index contributed by atoms with van der Waals surface area (Å²) in [5, 5.41) is 7.60. The highest BCUT2D eigenvalue weighted by Crippen LogP contribution is 2.18. The van der Waals surface area contributed by atoms with E-state index in [9.17, 15) is 14.4 Å². The number of hydrogen-bond acceptors (Lipinski definition) is 5. The van der Waals surface area contributed by atoms with Gasteiger partial charge in [-0.25, -0.2) is 0 Å². The molecule has 0 aliphatic rings. The van der Waals surface area contributed by atoms with Crippen LogP contribution in [0.4, 0.5) is 0 Å². The molecule has 0 spiro atoms. The highest BCUT2D eigenvalue weighted by atomic mass is 16.5. The van der Waals surface area contributed by atoms with E-state index in [0.29, 0.717) is 17.4 Å². The number of carbonyl (C=O) groups excluding carboxylic acids is 2. The quantitative estimate of drug-likeness (QED) is 0.623. The van der Waals surface area contributed by atoms with Crippen molar-refractivity contribution >= 4 is 22.8 Å². The van der Waals surface area contributed by atoms with Gasteiger partial charge in [0.15, 0.2) is 0 Å². The zero-order chi connectivity index (χ0) is 20.8. The molecule has 150 valence electrons. The molecular formula is C22H23N3O4. The van der Waals surface area contributed by atoms with Crippen LogP contribution in [0.15, 0.2) is 59.5 Å². The SMILES string of the molecule is COC(=O)C[C@H](NC(=O)CCn1ncc(=O)c2ccccc21)c1ccc(C)cc1. The van der Waals surface area contributed by atoms with Crippen LogP contribution in [-0.4, -0.2) is 28.8 Å². The van der Waals surface area contributed by atoms with Crippen molar-refractivity contribution in [1.82, 2.24) is 15.1 Å². The summed E-state index contributed by atoms with van der Waals surface area (Å²) in [4.78, 5) is 36.3. The number of rotatable bonds is 7. The van der Waals surface area contributed by atoms with Crippen LogP contribution in [0.2, 0.25) is 0 Å². The molecule has 3 rings (SSSR count). The van der Waals surface area contributed by atoms with Crippen molar-refractivity contribution in [2.24, 2.45) is 0 Å². The lowest BCUT2D eigenvalue weighted by Gasteiger charge is -2.19. The summed E-state index contributed by atoms with van der Waals surface area (Å²) in [6, 6.07) is 14.3. The summed E-state index contributed by atoms with van der Waals surface area (Å²) < 4.78 is 6.40. The Hall–Kier alpha value is -3.48. The first-order chi connectivity index (χ1) is 14.0. The van der Waals surface area contributed by atoms with Gasteiger partial charge < -0.3 is 10.1 Å². The molecule has 1 N–H and O–H groups in total. The third-order valence-corrected chi connectivity index (χ3v) is 4.73. The molecule has 3 aromatic rings. The number of para-hydroxylation sites is 1. The number of aromatic nitrogens is 2. The van der Waals surface area contributed by atoms with Gasteiger partial charge in [0.2, 0.25) is 11.3 Å². The van der Waals surface area contributed by atoms with Gasteiger partial charge >= 0.3 is 5.97 Å². The Kier molecular flexibility index (Phi) is 6.39. The first-order valence-electron chi connectivity index (χ1n) is 9.35. The molecule has 1 atom stereocenters. The number of aryl methyl sites for hydroxylation is 2. The monoisotopic (exact) mass is 393 g/mol. The minimum atomic E-state index is -0.478. The zero-order valence-corrected chi connectivity index (χ0v) is 16.4. The van der Waals surface area contributed by atoms with Crippen LogP contribution >= 0.6 is 0 Å². The van der Waals surface area contributed by atoms with Gasteiger partial charge in [-0.15, -0.1) is 0 Å². The van der Waals surface area contributed by atoms with E-state index in [1.807, 2.05) is 37.3 Å². The molecule has 0 aliphatic heterocycles. The van der Waals surface area contributed by atoms with Crippen LogP contribution in [0.5, 0.6) is 0 Å². The van der Waals surface area contributed by atoms with Crippen molar-refractivity contribution in [1.29, 1.82) is 0 Å². The normalized spacial score (nSPS) is 11.8. The Labute approximate surface area is 168 Å². The van der Waals surface area contributed by atoms with Crippen LogP contribution in [0.25, 0.3) is 10.9 Å². The Morgan fingerprint density at radius 1 is 1.14 bits per heavy atom. The van der Waals surface area contributed by atoms with E-state index in [4.69, 9.17) is 4.74 Å². The first-order valence-corrected chi connectivity index (χ1v) is 9.35. The van der Waals surface area contributed by atoms with Crippen LogP contribution in [0.3, 0.4) is 0 Å². The summed E-state index contributed by atoms with van der Waals surface area (Å²) in [5.41, 5.74) is 2.45. The number of hydrogen-bond donors (Lipinski definition) is 1. The van der Waals surface area contributed by atoms with E-state index in [2.05, 4.69) is 10.4 Å². The van der Waals surface area contributed by atoms with Gasteiger partial charge in [-0.3, -0.25) is 19.1 Å². The fourth-order valence-corrected chi connectivity index (χ4v) is 3.11. The number of methoxy groups -OCH3 is 1. The number of nitrogens with zero attached hydrogens (tertiary/aromatic N) is 2. The van der Waals surface area contributed by atoms with Gasteiger partial charge in [0.05, 0.1) is 37.8 Å². The third-order valence-electron chi connectivity index (χ3n) is 4.73. The van der Waals surface area contributed by atoms with E-state index < -0.39 is 12.0 Å². The predicted octanol–water partition coefficient (Wildman–Crippen LogP) is 2.52. The molecule has 2 aromatic carbocycles. The number of carbonyl (C=O) groups is 2. The minimum Gasteiger partial charge on any atom is -0.469 e. The molecule has 1 amide bonds. The van der Waals surface area contributed by atoms with Crippen LogP contribution in [0, 0.1) is 6.92 Å². The van der Waals surface area contributed by atoms with Crippen molar-refractivity contribution in [3.63, 3.8) is 0 Å². The van der Waals surface area contributed by atoms with Gasteiger partial charge in [-0.2, -0.15) is 5.10 Å². The molecule has 0 radical (unpaired) electrons. The van der Waals surface area contributed by atoms with Crippen molar-refractivity contribution in [3.8, 4) is 0 Å². The van der Waals surface area contributed by atoms with E-state index >= 15 is 0 Å². The largest absolute Gasteiger partial charge is 0.469 e. The minimum absolute atomic E-state index is 0.0461. The fourth-order valence-electron chi connectivity index (χ4n) is 3.11. The standard InChI is InChI=1S/C22H23N3O4/c1-15-7-9-16(10-8-15)18(13-22(28)29-2)24-21(27)11-12-25-19-6-4-3-5-17(19)20(26)14-23-25/h3-10,14,18H,11-13H2,1-2H3,(H,24,27)/t18-/m0/s1. The summed E-state index contributed by atoms with van der Waals surface area (Å²) in [7, 11) is 1.32. The summed E-state index contributed by atoms with van der Waals surface area (Å²) >= 11 is 0. The smallest absolute Gasteiger partial charge is 0.307 e. The van der Waals surface area contributed by atoms with Gasteiger partial charge in [0, 0.05) is 11.8 Å². The Morgan fingerprint density at radius 2 is 1.86 bits per heavy atom. The van der Waals surface area contributed by atoms with Gasteiger partial charge in [-0.1, -0.05) is 42.0 Å². The number of amides is 1.